The standard InChI is InChI=1S/C12H6N4S4/c1-7-8(2)10(16-6-18)12(20-4-14)11(19-3-13)9(7)15-5-17/h1-2H3. The average molecular weight is 334 g/mol. The van der Waals surface area contributed by atoms with Crippen LogP contribution in [0, 0.1) is 35.2 Å². The van der Waals surface area contributed by atoms with Gasteiger partial charge >= 0.3 is 0 Å². The van der Waals surface area contributed by atoms with E-state index in [1.807, 2.05) is 24.6 Å². The Morgan fingerprint density at radius 3 is 1.45 bits per heavy atom. The molecule has 0 aliphatic heterocycles. The Bertz CT molecular complexity index is 667. The van der Waals surface area contributed by atoms with Gasteiger partial charge in [0.15, 0.2) is 0 Å². The van der Waals surface area contributed by atoms with Gasteiger partial charge in [-0.1, -0.05) is 0 Å². The molecular formula is C12H6N4S4. The van der Waals surface area contributed by atoms with Crippen LogP contribution in [0.3, 0.4) is 0 Å². The number of isothiocyanates is 2. The van der Waals surface area contributed by atoms with Crippen LogP contribution >= 0.6 is 48.0 Å². The molecule has 20 heavy (non-hydrogen) atoms. The maximum Gasteiger partial charge on any atom is 0.138 e. The third-order valence-electron chi connectivity index (χ3n) is 2.52. The summed E-state index contributed by atoms with van der Waals surface area (Å²) in [5.41, 5.74) is 2.69. The molecule has 98 valence electrons. The first-order valence-corrected chi connectivity index (χ1v) is 7.52. The Hall–Kier alpha value is -1.50. The van der Waals surface area contributed by atoms with E-state index in [9.17, 15) is 0 Å². The van der Waals surface area contributed by atoms with Crippen molar-refractivity contribution >= 4 is 69.7 Å². The maximum absolute atomic E-state index is 8.95. The molecule has 0 spiro atoms. The van der Waals surface area contributed by atoms with Gasteiger partial charge in [-0.25, -0.2) is 0 Å². The molecule has 0 N–H and O–H groups in total. The Kier molecular flexibility index (Phi) is 6.57. The fourth-order valence-corrected chi connectivity index (χ4v) is 3.14. The molecule has 0 saturated carbocycles. The van der Waals surface area contributed by atoms with Gasteiger partial charge in [0.1, 0.15) is 10.8 Å². The molecule has 1 rings (SSSR count). The minimum Gasteiger partial charge on any atom is -0.193 e. The molecule has 1 aromatic carbocycles. The highest BCUT2D eigenvalue weighted by molar-refractivity contribution is 8.06. The Morgan fingerprint density at radius 1 is 0.850 bits per heavy atom. The smallest absolute Gasteiger partial charge is 0.138 e. The zero-order valence-corrected chi connectivity index (χ0v) is 13.7. The van der Waals surface area contributed by atoms with Crippen LogP contribution in [0.2, 0.25) is 0 Å². The van der Waals surface area contributed by atoms with Crippen molar-refractivity contribution in [3.8, 4) is 10.8 Å². The lowest BCUT2D eigenvalue weighted by Crippen LogP contribution is -1.90. The number of thiocarbonyl (C=S) groups is 2. The summed E-state index contributed by atoms with van der Waals surface area (Å²) in [5.74, 6) is 0. The van der Waals surface area contributed by atoms with Crippen molar-refractivity contribution in [3.63, 3.8) is 0 Å². The quantitative estimate of drug-likeness (QED) is 0.337. The zero-order chi connectivity index (χ0) is 15.1. The fourth-order valence-electron chi connectivity index (χ4n) is 1.55. The molecule has 0 bridgehead atoms. The number of benzene rings is 1. The minimum absolute atomic E-state index is 0.531. The summed E-state index contributed by atoms with van der Waals surface area (Å²) in [6.45, 7) is 3.68. The second-order valence-corrected chi connectivity index (χ2v) is 5.35. The molecule has 4 nitrogen and oxygen atoms in total. The minimum atomic E-state index is 0.531. The normalized spacial score (nSPS) is 8.80. The first kappa shape index (κ1) is 16.6. The summed E-state index contributed by atoms with van der Waals surface area (Å²) in [7, 11) is 0. The van der Waals surface area contributed by atoms with Crippen molar-refractivity contribution in [2.45, 2.75) is 23.6 Å². The third kappa shape index (κ3) is 3.33. The van der Waals surface area contributed by atoms with Crippen molar-refractivity contribution in [2.75, 3.05) is 0 Å². The van der Waals surface area contributed by atoms with Gasteiger partial charge in [0, 0.05) is 0 Å². The Balaban J connectivity index is 3.92. The Morgan fingerprint density at radius 2 is 1.20 bits per heavy atom. The van der Waals surface area contributed by atoms with Gasteiger partial charge in [0.05, 0.1) is 31.5 Å². The first-order chi connectivity index (χ1) is 9.62. The van der Waals surface area contributed by atoms with Gasteiger partial charge in [-0.05, 0) is 72.9 Å². The van der Waals surface area contributed by atoms with Crippen LogP contribution in [0.25, 0.3) is 0 Å². The molecule has 8 heteroatoms. The van der Waals surface area contributed by atoms with E-state index in [4.69, 9.17) is 10.5 Å². The molecule has 0 amide bonds. The summed E-state index contributed by atoms with van der Waals surface area (Å²) < 4.78 is 0. The second kappa shape index (κ2) is 7.94. The summed E-state index contributed by atoms with van der Waals surface area (Å²) >= 11 is 11.1. The third-order valence-corrected chi connectivity index (χ3v) is 4.22. The molecule has 0 aliphatic carbocycles. The van der Waals surface area contributed by atoms with Crippen molar-refractivity contribution in [1.29, 1.82) is 10.5 Å². The van der Waals surface area contributed by atoms with E-state index < -0.39 is 0 Å². The largest absolute Gasteiger partial charge is 0.193 e. The molecule has 0 saturated heterocycles. The lowest BCUT2D eigenvalue weighted by atomic mass is 10.1. The second-order valence-electron chi connectivity index (χ2n) is 3.40. The molecule has 0 aromatic heterocycles. The topological polar surface area (TPSA) is 72.3 Å². The molecule has 0 fully saturated rings. The molecule has 0 aliphatic rings. The summed E-state index contributed by atoms with van der Waals surface area (Å²) in [6.07, 6.45) is 0. The van der Waals surface area contributed by atoms with E-state index in [1.54, 1.807) is 0 Å². The van der Waals surface area contributed by atoms with Crippen molar-refractivity contribution in [1.82, 2.24) is 0 Å². The van der Waals surface area contributed by atoms with Crippen LogP contribution < -0.4 is 0 Å². The number of thioether (sulfide) groups is 2. The van der Waals surface area contributed by atoms with Crippen LogP contribution in [-0.4, -0.2) is 10.3 Å². The molecule has 0 atom stereocenters. The predicted molar refractivity (Wildman–Crippen MR) is 88.2 cm³/mol. The highest BCUT2D eigenvalue weighted by Gasteiger charge is 2.21. The summed E-state index contributed by atoms with van der Waals surface area (Å²) in [5, 5.41) is 26.5. The van der Waals surface area contributed by atoms with E-state index in [0.29, 0.717) is 21.2 Å². The Labute approximate surface area is 135 Å². The number of nitrogens with zero attached hydrogens (tertiary/aromatic N) is 4. The molecule has 1 aromatic rings. The van der Waals surface area contributed by atoms with Crippen molar-refractivity contribution in [3.05, 3.63) is 11.1 Å². The lowest BCUT2D eigenvalue weighted by molar-refractivity contribution is 1.14. The van der Waals surface area contributed by atoms with Gasteiger partial charge in [-0.2, -0.15) is 20.5 Å². The van der Waals surface area contributed by atoms with E-state index >= 15 is 0 Å². The predicted octanol–water partition coefficient (Wildman–Crippen LogP) is 4.92. The van der Waals surface area contributed by atoms with Gasteiger partial charge in [0.2, 0.25) is 0 Å². The van der Waals surface area contributed by atoms with E-state index in [-0.39, 0.29) is 0 Å². The van der Waals surface area contributed by atoms with E-state index in [1.165, 1.54) is 0 Å². The van der Waals surface area contributed by atoms with Crippen LogP contribution in [0.15, 0.2) is 19.8 Å². The molecule has 0 radical (unpaired) electrons. The van der Waals surface area contributed by atoms with Crippen LogP contribution in [-0.2, 0) is 0 Å². The number of nitriles is 2. The molecule has 0 heterocycles. The van der Waals surface area contributed by atoms with E-state index in [0.717, 1.165) is 34.7 Å². The average Bonchev–Trinajstić information content (AvgIpc) is 2.44. The van der Waals surface area contributed by atoms with Crippen LogP contribution in [0.1, 0.15) is 11.1 Å². The van der Waals surface area contributed by atoms with E-state index in [2.05, 4.69) is 44.7 Å². The van der Waals surface area contributed by atoms with Crippen molar-refractivity contribution < 1.29 is 0 Å². The number of aliphatic imine (C=N–C) groups is 2. The van der Waals surface area contributed by atoms with Crippen LogP contribution in [0.5, 0.6) is 0 Å². The van der Waals surface area contributed by atoms with Gasteiger partial charge < -0.3 is 0 Å². The molecular weight excluding hydrogens is 328 g/mol. The highest BCUT2D eigenvalue weighted by Crippen LogP contribution is 2.47. The van der Waals surface area contributed by atoms with Crippen molar-refractivity contribution in [2.24, 2.45) is 9.98 Å². The van der Waals surface area contributed by atoms with Gasteiger partial charge in [-0.3, -0.25) is 0 Å². The number of hydrogen-bond acceptors (Lipinski definition) is 8. The maximum atomic E-state index is 8.95. The summed E-state index contributed by atoms with van der Waals surface area (Å²) in [6, 6.07) is 0. The zero-order valence-electron chi connectivity index (χ0n) is 10.4. The monoisotopic (exact) mass is 334 g/mol. The molecule has 0 unspecified atom stereocenters. The van der Waals surface area contributed by atoms with Crippen LogP contribution in [0.4, 0.5) is 11.4 Å². The number of hydrogen-bond donors (Lipinski definition) is 0. The SMILES string of the molecule is Cc1c(C)c(N=C=S)c(SC#N)c(SC#N)c1N=C=S. The van der Waals surface area contributed by atoms with Gasteiger partial charge in [-0.15, -0.1) is 0 Å². The summed E-state index contributed by atoms with van der Waals surface area (Å²) in [4.78, 5) is 9.09. The first-order valence-electron chi connectivity index (χ1n) is 5.07. The lowest BCUT2D eigenvalue weighted by Gasteiger charge is -2.14. The highest BCUT2D eigenvalue weighted by atomic mass is 32.2. The van der Waals surface area contributed by atoms with Gasteiger partial charge in [0.25, 0.3) is 0 Å². The fraction of sp³-hybridized carbons (Fsp3) is 0.167. The number of thiocyanates is 2. The number of rotatable bonds is 4.